The SMILES string of the molecule is COC(=O)c1nc(C)c2cc(Oc3ccccc3)ccc2c1O. The van der Waals surface area contributed by atoms with Crippen LogP contribution in [0.25, 0.3) is 10.8 Å². The van der Waals surface area contributed by atoms with E-state index in [9.17, 15) is 9.90 Å². The zero-order valence-electron chi connectivity index (χ0n) is 12.7. The number of aromatic hydroxyl groups is 1. The number of esters is 1. The average Bonchev–Trinajstić information content (AvgIpc) is 2.58. The van der Waals surface area contributed by atoms with Crippen molar-refractivity contribution in [1.82, 2.24) is 4.98 Å². The standard InChI is InChI=1S/C18H15NO4/c1-11-15-10-13(23-12-6-4-3-5-7-12)8-9-14(15)17(20)16(19-11)18(21)22-2/h3-10,20H,1-2H3. The van der Waals surface area contributed by atoms with Crippen LogP contribution < -0.4 is 4.74 Å². The Morgan fingerprint density at radius 1 is 1.04 bits per heavy atom. The highest BCUT2D eigenvalue weighted by atomic mass is 16.5. The van der Waals surface area contributed by atoms with E-state index in [4.69, 9.17) is 4.74 Å². The Bertz CT molecular complexity index is 875. The van der Waals surface area contributed by atoms with Gasteiger partial charge in [-0.25, -0.2) is 9.78 Å². The number of carbonyl (C=O) groups excluding carboxylic acids is 1. The molecule has 0 saturated carbocycles. The molecule has 1 aromatic heterocycles. The van der Waals surface area contributed by atoms with Crippen molar-refractivity contribution in [3.05, 3.63) is 59.9 Å². The van der Waals surface area contributed by atoms with Gasteiger partial charge >= 0.3 is 5.97 Å². The number of para-hydroxylation sites is 1. The molecule has 0 fully saturated rings. The second-order valence-electron chi connectivity index (χ2n) is 5.01. The van der Waals surface area contributed by atoms with Gasteiger partial charge in [-0.2, -0.15) is 0 Å². The van der Waals surface area contributed by atoms with Gasteiger partial charge in [0.1, 0.15) is 11.5 Å². The maximum absolute atomic E-state index is 11.7. The van der Waals surface area contributed by atoms with Gasteiger partial charge in [0, 0.05) is 16.5 Å². The molecule has 0 spiro atoms. The molecule has 116 valence electrons. The molecule has 0 bridgehead atoms. The number of aromatic nitrogens is 1. The van der Waals surface area contributed by atoms with Gasteiger partial charge in [0.2, 0.25) is 0 Å². The summed E-state index contributed by atoms with van der Waals surface area (Å²) >= 11 is 0. The number of rotatable bonds is 3. The number of benzene rings is 2. The fourth-order valence-electron chi connectivity index (χ4n) is 2.36. The molecule has 0 aliphatic carbocycles. The van der Waals surface area contributed by atoms with E-state index < -0.39 is 5.97 Å². The summed E-state index contributed by atoms with van der Waals surface area (Å²) in [5.41, 5.74) is 0.519. The minimum absolute atomic E-state index is 0.0887. The molecule has 1 heterocycles. The Labute approximate surface area is 133 Å². The van der Waals surface area contributed by atoms with Crippen LogP contribution in [0.15, 0.2) is 48.5 Å². The smallest absolute Gasteiger partial charge is 0.360 e. The second kappa shape index (κ2) is 5.96. The molecule has 2 aromatic carbocycles. The van der Waals surface area contributed by atoms with Gasteiger partial charge in [-0.3, -0.25) is 0 Å². The van der Waals surface area contributed by atoms with Crippen LogP contribution in [0.1, 0.15) is 16.2 Å². The predicted octanol–water partition coefficient (Wildman–Crippen LogP) is 3.83. The van der Waals surface area contributed by atoms with Gasteiger partial charge < -0.3 is 14.6 Å². The third-order valence-electron chi connectivity index (χ3n) is 3.50. The summed E-state index contributed by atoms with van der Waals surface area (Å²) in [5.74, 6) is 0.479. The van der Waals surface area contributed by atoms with Gasteiger partial charge in [-0.05, 0) is 37.3 Å². The van der Waals surface area contributed by atoms with E-state index >= 15 is 0 Å². The number of fused-ring (bicyclic) bond motifs is 1. The van der Waals surface area contributed by atoms with Crippen molar-refractivity contribution in [2.45, 2.75) is 6.92 Å². The van der Waals surface area contributed by atoms with Crippen molar-refractivity contribution in [3.8, 4) is 17.2 Å². The molecular weight excluding hydrogens is 294 g/mol. The lowest BCUT2D eigenvalue weighted by atomic mass is 10.1. The van der Waals surface area contributed by atoms with Crippen molar-refractivity contribution >= 4 is 16.7 Å². The van der Waals surface area contributed by atoms with Crippen LogP contribution in [0.5, 0.6) is 17.2 Å². The maximum Gasteiger partial charge on any atom is 0.360 e. The highest BCUT2D eigenvalue weighted by molar-refractivity contribution is 6.00. The molecule has 0 amide bonds. The lowest BCUT2D eigenvalue weighted by molar-refractivity contribution is 0.0590. The first-order valence-electron chi connectivity index (χ1n) is 7.04. The van der Waals surface area contributed by atoms with Gasteiger partial charge in [0.15, 0.2) is 11.4 Å². The number of hydrogen-bond donors (Lipinski definition) is 1. The molecule has 3 aromatic rings. The number of hydrogen-bond acceptors (Lipinski definition) is 5. The summed E-state index contributed by atoms with van der Waals surface area (Å²) in [6.45, 7) is 1.76. The van der Waals surface area contributed by atoms with Crippen LogP contribution in [0.3, 0.4) is 0 Å². The first-order chi connectivity index (χ1) is 11.1. The van der Waals surface area contributed by atoms with Crippen LogP contribution in [0, 0.1) is 6.92 Å². The highest BCUT2D eigenvalue weighted by Crippen LogP contribution is 2.33. The lowest BCUT2D eigenvalue weighted by Crippen LogP contribution is -2.06. The zero-order valence-corrected chi connectivity index (χ0v) is 12.7. The molecule has 0 aliphatic heterocycles. The predicted molar refractivity (Wildman–Crippen MR) is 86.0 cm³/mol. The Hall–Kier alpha value is -3.08. The van der Waals surface area contributed by atoms with Crippen LogP contribution in [0.2, 0.25) is 0 Å². The Morgan fingerprint density at radius 3 is 2.48 bits per heavy atom. The second-order valence-corrected chi connectivity index (χ2v) is 5.01. The third-order valence-corrected chi connectivity index (χ3v) is 3.50. The highest BCUT2D eigenvalue weighted by Gasteiger charge is 2.18. The normalized spacial score (nSPS) is 10.5. The van der Waals surface area contributed by atoms with E-state index in [0.29, 0.717) is 28.0 Å². The van der Waals surface area contributed by atoms with E-state index in [0.717, 1.165) is 0 Å². The fraction of sp³-hybridized carbons (Fsp3) is 0.111. The minimum Gasteiger partial charge on any atom is -0.505 e. The largest absolute Gasteiger partial charge is 0.505 e. The van der Waals surface area contributed by atoms with Gasteiger partial charge in [0.25, 0.3) is 0 Å². The number of methoxy groups -OCH3 is 1. The van der Waals surface area contributed by atoms with Crippen molar-refractivity contribution in [1.29, 1.82) is 0 Å². The van der Waals surface area contributed by atoms with Gasteiger partial charge in [0.05, 0.1) is 7.11 Å². The molecule has 1 N–H and O–H groups in total. The van der Waals surface area contributed by atoms with Crippen molar-refractivity contribution < 1.29 is 19.4 Å². The molecule has 0 saturated heterocycles. The van der Waals surface area contributed by atoms with Crippen molar-refractivity contribution in [2.24, 2.45) is 0 Å². The molecule has 0 radical (unpaired) electrons. The lowest BCUT2D eigenvalue weighted by Gasteiger charge is -2.11. The third kappa shape index (κ3) is 2.81. The molecule has 5 nitrogen and oxygen atoms in total. The first-order valence-corrected chi connectivity index (χ1v) is 7.04. The molecule has 3 rings (SSSR count). The molecule has 0 atom stereocenters. The van der Waals surface area contributed by atoms with Crippen LogP contribution in [-0.4, -0.2) is 23.2 Å². The molecule has 5 heteroatoms. The number of ether oxygens (including phenoxy) is 2. The number of pyridine rings is 1. The molecule has 0 unspecified atom stereocenters. The van der Waals surface area contributed by atoms with E-state index in [1.807, 2.05) is 30.3 Å². The Balaban J connectivity index is 2.07. The summed E-state index contributed by atoms with van der Waals surface area (Å²) in [6, 6.07) is 14.6. The van der Waals surface area contributed by atoms with Crippen LogP contribution >= 0.6 is 0 Å². The number of carbonyl (C=O) groups is 1. The Morgan fingerprint density at radius 2 is 1.78 bits per heavy atom. The van der Waals surface area contributed by atoms with E-state index in [1.54, 1.807) is 25.1 Å². The first kappa shape index (κ1) is 14.8. The number of nitrogens with zero attached hydrogens (tertiary/aromatic N) is 1. The van der Waals surface area contributed by atoms with Gasteiger partial charge in [-0.1, -0.05) is 18.2 Å². The van der Waals surface area contributed by atoms with Gasteiger partial charge in [-0.15, -0.1) is 0 Å². The van der Waals surface area contributed by atoms with Crippen LogP contribution in [0.4, 0.5) is 0 Å². The van der Waals surface area contributed by atoms with Crippen molar-refractivity contribution in [3.63, 3.8) is 0 Å². The quantitative estimate of drug-likeness (QED) is 0.745. The minimum atomic E-state index is -0.669. The van der Waals surface area contributed by atoms with Crippen molar-refractivity contribution in [2.75, 3.05) is 7.11 Å². The van der Waals surface area contributed by atoms with E-state index in [1.165, 1.54) is 7.11 Å². The van der Waals surface area contributed by atoms with E-state index in [2.05, 4.69) is 9.72 Å². The molecular formula is C18H15NO4. The summed E-state index contributed by atoms with van der Waals surface area (Å²) in [5, 5.41) is 11.5. The molecule has 23 heavy (non-hydrogen) atoms. The van der Waals surface area contributed by atoms with E-state index in [-0.39, 0.29) is 11.4 Å². The summed E-state index contributed by atoms with van der Waals surface area (Å²) in [4.78, 5) is 15.8. The number of aryl methyl sites for hydroxylation is 1. The zero-order chi connectivity index (χ0) is 16.4. The van der Waals surface area contributed by atoms with Crippen LogP contribution in [-0.2, 0) is 4.74 Å². The average molecular weight is 309 g/mol. The monoisotopic (exact) mass is 309 g/mol. The maximum atomic E-state index is 11.7. The Kier molecular flexibility index (Phi) is 3.85. The molecule has 0 aliphatic rings. The summed E-state index contributed by atoms with van der Waals surface area (Å²) in [6.07, 6.45) is 0. The fourth-order valence-corrected chi connectivity index (χ4v) is 2.36. The topological polar surface area (TPSA) is 68.7 Å². The summed E-state index contributed by atoms with van der Waals surface area (Å²) in [7, 11) is 1.25. The summed E-state index contributed by atoms with van der Waals surface area (Å²) < 4.78 is 10.4.